The molecule has 1 aliphatic carbocycles. The number of pyridine rings is 1. The van der Waals surface area contributed by atoms with Gasteiger partial charge < -0.3 is 10.3 Å². The van der Waals surface area contributed by atoms with E-state index in [-0.39, 0.29) is 5.56 Å². The van der Waals surface area contributed by atoms with Crippen molar-refractivity contribution in [3.63, 3.8) is 0 Å². The van der Waals surface area contributed by atoms with Crippen LogP contribution in [0.5, 0.6) is 0 Å². The fourth-order valence-electron chi connectivity index (χ4n) is 2.37. The average molecular weight is 244 g/mol. The highest BCUT2D eigenvalue weighted by Crippen LogP contribution is 2.25. The van der Waals surface area contributed by atoms with Crippen LogP contribution in [0.4, 0.5) is 5.82 Å². The first-order valence-electron chi connectivity index (χ1n) is 6.30. The molecule has 0 spiro atoms. The molecule has 1 aliphatic rings. The highest BCUT2D eigenvalue weighted by molar-refractivity contribution is 5.47. The fraction of sp³-hybridized carbons (Fsp3) is 0.385. The summed E-state index contributed by atoms with van der Waals surface area (Å²) in [4.78, 5) is 13.6. The number of aromatic amines is 2. The Bertz CT molecular complexity index is 579. The van der Waals surface area contributed by atoms with Gasteiger partial charge in [0.1, 0.15) is 0 Å². The number of nitrogens with one attached hydrogen (secondary N) is 3. The van der Waals surface area contributed by atoms with E-state index in [1.165, 1.54) is 30.2 Å². The molecule has 2 heterocycles. The Labute approximate surface area is 105 Å². The van der Waals surface area contributed by atoms with Gasteiger partial charge in [0.25, 0.3) is 0 Å². The van der Waals surface area contributed by atoms with Crippen LogP contribution in [0.25, 0.3) is 0 Å². The molecule has 2 aromatic rings. The standard InChI is InChI=1S/C13H16N4O/c18-12-6-5-9(7-14-12)8-15-13-10-3-1-2-4-11(10)16-17-13/h5-7H,1-4,8H2,(H,14,18)(H2,15,16,17). The normalized spacial score (nSPS) is 14.2. The molecule has 0 unspecified atom stereocenters. The number of rotatable bonds is 3. The molecule has 0 amide bonds. The quantitative estimate of drug-likeness (QED) is 0.767. The smallest absolute Gasteiger partial charge is 0.247 e. The summed E-state index contributed by atoms with van der Waals surface area (Å²) in [5.41, 5.74) is 3.56. The molecular formula is C13H16N4O. The third-order valence-corrected chi connectivity index (χ3v) is 3.36. The van der Waals surface area contributed by atoms with Gasteiger partial charge in [-0.05, 0) is 31.2 Å². The maximum absolute atomic E-state index is 11.0. The molecule has 94 valence electrons. The van der Waals surface area contributed by atoms with E-state index in [1.807, 2.05) is 6.07 Å². The zero-order valence-corrected chi connectivity index (χ0v) is 10.1. The molecule has 5 heteroatoms. The zero-order valence-electron chi connectivity index (χ0n) is 10.1. The van der Waals surface area contributed by atoms with Crippen LogP contribution in [0.1, 0.15) is 29.7 Å². The highest BCUT2D eigenvalue weighted by Gasteiger charge is 2.16. The van der Waals surface area contributed by atoms with E-state index in [4.69, 9.17) is 0 Å². The molecule has 3 rings (SSSR count). The second kappa shape index (κ2) is 4.68. The number of hydrogen-bond acceptors (Lipinski definition) is 3. The van der Waals surface area contributed by atoms with Crippen molar-refractivity contribution in [2.45, 2.75) is 32.2 Å². The molecule has 3 N–H and O–H groups in total. The van der Waals surface area contributed by atoms with Crippen molar-refractivity contribution in [3.05, 3.63) is 45.5 Å². The summed E-state index contributed by atoms with van der Waals surface area (Å²) in [6, 6.07) is 3.36. The minimum absolute atomic E-state index is 0.0732. The van der Waals surface area contributed by atoms with E-state index >= 15 is 0 Å². The third-order valence-electron chi connectivity index (χ3n) is 3.36. The first-order valence-corrected chi connectivity index (χ1v) is 6.30. The summed E-state index contributed by atoms with van der Waals surface area (Å²) in [7, 11) is 0. The largest absolute Gasteiger partial charge is 0.364 e. The summed E-state index contributed by atoms with van der Waals surface area (Å²) in [5.74, 6) is 0.955. The number of aromatic nitrogens is 3. The van der Waals surface area contributed by atoms with Crippen molar-refractivity contribution in [2.75, 3.05) is 5.32 Å². The number of fused-ring (bicyclic) bond motifs is 1. The maximum Gasteiger partial charge on any atom is 0.247 e. The first kappa shape index (κ1) is 11.1. The van der Waals surface area contributed by atoms with E-state index in [9.17, 15) is 4.79 Å². The van der Waals surface area contributed by atoms with Crippen molar-refractivity contribution < 1.29 is 0 Å². The number of aryl methyl sites for hydroxylation is 1. The van der Waals surface area contributed by atoms with Crippen LogP contribution in [-0.4, -0.2) is 15.2 Å². The lowest BCUT2D eigenvalue weighted by atomic mass is 9.97. The predicted molar refractivity (Wildman–Crippen MR) is 69.6 cm³/mol. The minimum Gasteiger partial charge on any atom is -0.364 e. The molecule has 0 aromatic carbocycles. The number of nitrogens with zero attached hydrogens (tertiary/aromatic N) is 1. The molecular weight excluding hydrogens is 228 g/mol. The molecule has 0 aliphatic heterocycles. The Morgan fingerprint density at radius 3 is 3.00 bits per heavy atom. The molecule has 0 saturated carbocycles. The van der Waals surface area contributed by atoms with Crippen LogP contribution in [0.15, 0.2) is 23.1 Å². The number of H-pyrrole nitrogens is 2. The summed E-state index contributed by atoms with van der Waals surface area (Å²) in [6.07, 6.45) is 6.41. The van der Waals surface area contributed by atoms with Crippen LogP contribution in [-0.2, 0) is 19.4 Å². The molecule has 5 nitrogen and oxygen atoms in total. The lowest BCUT2D eigenvalue weighted by Crippen LogP contribution is -2.08. The van der Waals surface area contributed by atoms with Crippen LogP contribution in [0.3, 0.4) is 0 Å². The van der Waals surface area contributed by atoms with Gasteiger partial charge in [-0.15, -0.1) is 0 Å². The van der Waals surface area contributed by atoms with Crippen molar-refractivity contribution in [1.82, 2.24) is 15.2 Å². The lowest BCUT2D eigenvalue weighted by molar-refractivity contribution is 0.675. The van der Waals surface area contributed by atoms with E-state index in [0.29, 0.717) is 6.54 Å². The summed E-state index contributed by atoms with van der Waals surface area (Å²) >= 11 is 0. The van der Waals surface area contributed by atoms with Gasteiger partial charge in [0, 0.05) is 30.1 Å². The number of anilines is 1. The first-order chi connectivity index (χ1) is 8.83. The Morgan fingerprint density at radius 2 is 2.17 bits per heavy atom. The van der Waals surface area contributed by atoms with Gasteiger partial charge in [0.15, 0.2) is 5.82 Å². The van der Waals surface area contributed by atoms with Crippen molar-refractivity contribution in [3.8, 4) is 0 Å². The van der Waals surface area contributed by atoms with Gasteiger partial charge in [0.05, 0.1) is 0 Å². The number of hydrogen-bond donors (Lipinski definition) is 3. The second-order valence-electron chi connectivity index (χ2n) is 4.65. The molecule has 0 atom stereocenters. The van der Waals surface area contributed by atoms with Crippen molar-refractivity contribution in [2.24, 2.45) is 0 Å². The van der Waals surface area contributed by atoms with Crippen LogP contribution < -0.4 is 10.9 Å². The molecule has 0 radical (unpaired) electrons. The van der Waals surface area contributed by atoms with Gasteiger partial charge >= 0.3 is 0 Å². The van der Waals surface area contributed by atoms with Crippen molar-refractivity contribution >= 4 is 5.82 Å². The average Bonchev–Trinajstić information content (AvgIpc) is 2.82. The second-order valence-corrected chi connectivity index (χ2v) is 4.65. The topological polar surface area (TPSA) is 73.6 Å². The predicted octanol–water partition coefficient (Wildman–Crippen LogP) is 1.59. The van der Waals surface area contributed by atoms with Crippen LogP contribution in [0.2, 0.25) is 0 Å². The van der Waals surface area contributed by atoms with Crippen LogP contribution in [0, 0.1) is 0 Å². The van der Waals surface area contributed by atoms with Gasteiger partial charge in [-0.1, -0.05) is 6.07 Å². The molecule has 18 heavy (non-hydrogen) atoms. The Kier molecular flexibility index (Phi) is 2.88. The van der Waals surface area contributed by atoms with Crippen LogP contribution >= 0.6 is 0 Å². The third kappa shape index (κ3) is 2.16. The Balaban J connectivity index is 1.71. The van der Waals surface area contributed by atoms with E-state index in [0.717, 1.165) is 24.2 Å². The summed E-state index contributed by atoms with van der Waals surface area (Å²) < 4.78 is 0. The SMILES string of the molecule is O=c1ccc(CNc2n[nH]c3c2CCCC3)c[nH]1. The minimum atomic E-state index is -0.0732. The molecule has 2 aromatic heterocycles. The summed E-state index contributed by atoms with van der Waals surface area (Å²) in [6.45, 7) is 0.675. The monoisotopic (exact) mass is 244 g/mol. The van der Waals surface area contributed by atoms with Gasteiger partial charge in [-0.25, -0.2) is 0 Å². The molecule has 0 bridgehead atoms. The van der Waals surface area contributed by atoms with E-state index in [1.54, 1.807) is 6.20 Å². The molecule has 0 saturated heterocycles. The molecule has 0 fully saturated rings. The Hall–Kier alpha value is -2.04. The lowest BCUT2D eigenvalue weighted by Gasteiger charge is -2.11. The maximum atomic E-state index is 11.0. The van der Waals surface area contributed by atoms with Gasteiger partial charge in [-0.2, -0.15) is 5.10 Å². The summed E-state index contributed by atoms with van der Waals surface area (Å²) in [5, 5.41) is 10.7. The van der Waals surface area contributed by atoms with Gasteiger partial charge in [0.2, 0.25) is 5.56 Å². The highest BCUT2D eigenvalue weighted by atomic mass is 16.1. The van der Waals surface area contributed by atoms with E-state index < -0.39 is 0 Å². The zero-order chi connectivity index (χ0) is 12.4. The van der Waals surface area contributed by atoms with Gasteiger partial charge in [-0.3, -0.25) is 9.89 Å². The Morgan fingerprint density at radius 1 is 1.28 bits per heavy atom. The van der Waals surface area contributed by atoms with E-state index in [2.05, 4.69) is 20.5 Å². The van der Waals surface area contributed by atoms with Crippen molar-refractivity contribution in [1.29, 1.82) is 0 Å². The fourth-order valence-corrected chi connectivity index (χ4v) is 2.37.